The van der Waals surface area contributed by atoms with E-state index in [-0.39, 0.29) is 17.9 Å². The molecule has 3 aromatic rings. The molecule has 5 heteroatoms. The van der Waals surface area contributed by atoms with Crippen LogP contribution in [0, 0.1) is 12.8 Å². The zero-order valence-electron chi connectivity index (χ0n) is 20.0. The molecule has 0 spiro atoms. The van der Waals surface area contributed by atoms with Gasteiger partial charge < -0.3 is 14.9 Å². The average Bonchev–Trinajstić information content (AvgIpc) is 2.85. The molecule has 3 aromatic carbocycles. The first kappa shape index (κ1) is 25.8. The zero-order valence-corrected chi connectivity index (χ0v) is 20.0. The van der Waals surface area contributed by atoms with Crippen LogP contribution in [0.25, 0.3) is 6.08 Å². The summed E-state index contributed by atoms with van der Waals surface area (Å²) in [6, 6.07) is 23.1. The van der Waals surface area contributed by atoms with E-state index in [1.807, 2.05) is 55.5 Å². The summed E-state index contributed by atoms with van der Waals surface area (Å²) < 4.78 is 6.14. The van der Waals surface area contributed by atoms with E-state index in [1.165, 1.54) is 0 Å². The predicted octanol–water partition coefficient (Wildman–Crippen LogP) is 6.79. The van der Waals surface area contributed by atoms with E-state index in [1.54, 1.807) is 12.1 Å². The quantitative estimate of drug-likeness (QED) is 0.268. The van der Waals surface area contributed by atoms with Gasteiger partial charge in [0.25, 0.3) is 0 Å². The van der Waals surface area contributed by atoms with Crippen LogP contribution in [0.4, 0.5) is 0 Å². The van der Waals surface area contributed by atoms with Crippen LogP contribution in [0.3, 0.4) is 0 Å². The van der Waals surface area contributed by atoms with Crippen LogP contribution in [-0.4, -0.2) is 22.2 Å². The number of carboxylic acids is 2. The van der Waals surface area contributed by atoms with Gasteiger partial charge in [-0.2, -0.15) is 0 Å². The van der Waals surface area contributed by atoms with E-state index < -0.39 is 11.9 Å². The van der Waals surface area contributed by atoms with Gasteiger partial charge in [-0.15, -0.1) is 0 Å². The molecule has 0 heterocycles. The topological polar surface area (TPSA) is 83.8 Å². The Balaban J connectivity index is 1.74. The highest BCUT2D eigenvalue weighted by Gasteiger charge is 2.10. The summed E-state index contributed by atoms with van der Waals surface area (Å²) in [5, 5.41) is 18.1. The summed E-state index contributed by atoms with van der Waals surface area (Å²) >= 11 is 0. The van der Waals surface area contributed by atoms with Crippen molar-refractivity contribution in [2.24, 2.45) is 5.92 Å². The SMILES string of the molecule is Cc1ccc(/C=C/C(CCCCC(=O)O)Cc2ccc(C(=O)O)cc2)c(OCc2ccccc2)c1. The maximum Gasteiger partial charge on any atom is 0.335 e. The molecule has 1 atom stereocenters. The van der Waals surface area contributed by atoms with Gasteiger partial charge in [0.2, 0.25) is 0 Å². The highest BCUT2D eigenvalue weighted by Crippen LogP contribution is 2.26. The Hall–Kier alpha value is -3.86. The number of hydrogen-bond donors (Lipinski definition) is 2. The van der Waals surface area contributed by atoms with Gasteiger partial charge in [0.15, 0.2) is 0 Å². The molecule has 3 rings (SSSR count). The van der Waals surface area contributed by atoms with E-state index in [0.717, 1.165) is 47.3 Å². The highest BCUT2D eigenvalue weighted by atomic mass is 16.5. The predicted molar refractivity (Wildman–Crippen MR) is 138 cm³/mol. The Labute approximate surface area is 206 Å². The lowest BCUT2D eigenvalue weighted by Gasteiger charge is -2.14. The second-order valence-corrected chi connectivity index (χ2v) is 8.78. The number of aliphatic carboxylic acids is 1. The van der Waals surface area contributed by atoms with Crippen molar-refractivity contribution in [2.75, 3.05) is 0 Å². The number of carbonyl (C=O) groups is 2. The highest BCUT2D eigenvalue weighted by molar-refractivity contribution is 5.87. The van der Waals surface area contributed by atoms with E-state index in [2.05, 4.69) is 24.3 Å². The second-order valence-electron chi connectivity index (χ2n) is 8.78. The van der Waals surface area contributed by atoms with Gasteiger partial charge in [0.1, 0.15) is 12.4 Å². The largest absolute Gasteiger partial charge is 0.488 e. The Morgan fingerprint density at radius 2 is 1.66 bits per heavy atom. The third kappa shape index (κ3) is 8.78. The molecule has 0 aromatic heterocycles. The average molecular weight is 473 g/mol. The van der Waals surface area contributed by atoms with E-state index in [9.17, 15) is 9.59 Å². The Morgan fingerprint density at radius 1 is 0.914 bits per heavy atom. The maximum atomic E-state index is 11.2. The van der Waals surface area contributed by atoms with Gasteiger partial charge >= 0.3 is 11.9 Å². The Kier molecular flexibility index (Phi) is 9.67. The first-order valence-corrected chi connectivity index (χ1v) is 11.9. The Bertz CT molecular complexity index is 1130. The van der Waals surface area contributed by atoms with Gasteiger partial charge in [-0.1, -0.05) is 73.2 Å². The summed E-state index contributed by atoms with van der Waals surface area (Å²) in [5.74, 6) is -0.714. The minimum absolute atomic E-state index is 0.166. The van der Waals surface area contributed by atoms with Crippen molar-refractivity contribution in [1.82, 2.24) is 0 Å². The molecule has 182 valence electrons. The first-order chi connectivity index (χ1) is 16.9. The molecular formula is C30H32O5. The molecule has 0 aliphatic carbocycles. The lowest BCUT2D eigenvalue weighted by molar-refractivity contribution is -0.137. The molecule has 0 aliphatic heterocycles. The van der Waals surface area contributed by atoms with Gasteiger partial charge in [0, 0.05) is 12.0 Å². The third-order valence-electron chi connectivity index (χ3n) is 5.87. The van der Waals surface area contributed by atoms with E-state index in [0.29, 0.717) is 13.0 Å². The number of benzene rings is 3. The summed E-state index contributed by atoms with van der Waals surface area (Å²) in [4.78, 5) is 22.0. The summed E-state index contributed by atoms with van der Waals surface area (Å²) in [6.45, 7) is 2.52. The number of unbranched alkanes of at least 4 members (excludes halogenated alkanes) is 1. The molecule has 2 N–H and O–H groups in total. The van der Waals surface area contributed by atoms with Crippen molar-refractivity contribution < 1.29 is 24.5 Å². The number of aryl methyl sites for hydroxylation is 1. The molecule has 5 nitrogen and oxygen atoms in total. The van der Waals surface area contributed by atoms with Crippen LogP contribution in [0.2, 0.25) is 0 Å². The van der Waals surface area contributed by atoms with Crippen molar-refractivity contribution in [1.29, 1.82) is 0 Å². The molecular weight excluding hydrogens is 440 g/mol. The number of carboxylic acid groups (broad SMARTS) is 2. The summed E-state index contributed by atoms with van der Waals surface area (Å²) in [6.07, 6.45) is 7.43. The Morgan fingerprint density at radius 3 is 2.34 bits per heavy atom. The maximum absolute atomic E-state index is 11.2. The van der Waals surface area contributed by atoms with Crippen LogP contribution in [-0.2, 0) is 17.8 Å². The number of rotatable bonds is 13. The van der Waals surface area contributed by atoms with Gasteiger partial charge in [-0.3, -0.25) is 4.79 Å². The minimum Gasteiger partial charge on any atom is -0.488 e. The molecule has 0 bridgehead atoms. The van der Waals surface area contributed by atoms with Crippen molar-refractivity contribution in [2.45, 2.75) is 45.6 Å². The van der Waals surface area contributed by atoms with Gasteiger partial charge in [-0.25, -0.2) is 4.79 Å². The minimum atomic E-state index is -0.941. The molecule has 0 amide bonds. The van der Waals surface area contributed by atoms with Crippen LogP contribution in [0.5, 0.6) is 5.75 Å². The summed E-state index contributed by atoms with van der Waals surface area (Å²) in [7, 11) is 0. The zero-order chi connectivity index (χ0) is 25.0. The normalized spacial score (nSPS) is 11.9. The molecule has 0 fully saturated rings. The molecule has 0 saturated carbocycles. The van der Waals surface area contributed by atoms with Crippen LogP contribution in [0.1, 0.15) is 58.3 Å². The fraction of sp³-hybridized carbons (Fsp3) is 0.267. The van der Waals surface area contributed by atoms with E-state index >= 15 is 0 Å². The van der Waals surface area contributed by atoms with E-state index in [4.69, 9.17) is 14.9 Å². The van der Waals surface area contributed by atoms with Crippen LogP contribution < -0.4 is 4.74 Å². The van der Waals surface area contributed by atoms with Crippen molar-refractivity contribution in [3.05, 3.63) is 107 Å². The summed E-state index contributed by atoms with van der Waals surface area (Å²) in [5.41, 5.74) is 4.52. The lowest BCUT2D eigenvalue weighted by atomic mass is 9.92. The number of allylic oxidation sites excluding steroid dienone is 1. The van der Waals surface area contributed by atoms with Gasteiger partial charge in [-0.05, 0) is 67.0 Å². The molecule has 0 saturated heterocycles. The number of hydrogen-bond acceptors (Lipinski definition) is 3. The third-order valence-corrected chi connectivity index (χ3v) is 5.87. The smallest absolute Gasteiger partial charge is 0.335 e. The number of ether oxygens (including phenoxy) is 1. The number of aromatic carboxylic acids is 1. The van der Waals surface area contributed by atoms with Crippen LogP contribution in [0.15, 0.2) is 78.9 Å². The molecule has 1 unspecified atom stereocenters. The van der Waals surface area contributed by atoms with Crippen molar-refractivity contribution >= 4 is 18.0 Å². The van der Waals surface area contributed by atoms with Crippen LogP contribution >= 0.6 is 0 Å². The lowest BCUT2D eigenvalue weighted by Crippen LogP contribution is -2.04. The van der Waals surface area contributed by atoms with Crippen molar-refractivity contribution in [3.8, 4) is 5.75 Å². The second kappa shape index (κ2) is 13.1. The monoisotopic (exact) mass is 472 g/mol. The molecule has 35 heavy (non-hydrogen) atoms. The van der Waals surface area contributed by atoms with Crippen molar-refractivity contribution in [3.63, 3.8) is 0 Å². The fourth-order valence-corrected chi connectivity index (χ4v) is 3.91. The fourth-order valence-electron chi connectivity index (χ4n) is 3.91. The molecule has 0 aliphatic rings. The standard InChI is InChI=1S/C30H32O5/c1-22-11-15-26(28(19-22)35-21-25-8-3-2-4-9-25)16-12-23(7-5-6-10-29(31)32)20-24-13-17-27(18-14-24)30(33)34/h2-4,8-9,11-19,23H,5-7,10,20-21H2,1H3,(H,31,32)(H,33,34)/b16-12+. The molecule has 0 radical (unpaired) electrons. The first-order valence-electron chi connectivity index (χ1n) is 11.9. The van der Waals surface area contributed by atoms with Gasteiger partial charge in [0.05, 0.1) is 5.56 Å².